The van der Waals surface area contributed by atoms with Crippen LogP contribution in [0.5, 0.6) is 5.75 Å². The lowest BCUT2D eigenvalue weighted by Crippen LogP contribution is -2.23. The largest absolute Gasteiger partial charge is 0.573 e. The van der Waals surface area contributed by atoms with Gasteiger partial charge in [-0.2, -0.15) is 10.1 Å². The minimum Gasteiger partial charge on any atom is -0.406 e. The SMILES string of the molecule is Cc1nc(Cn2ncc3ccc(-c4ccc(OC(F)(F)F)cc4)cc3c2=O)no1. The van der Waals surface area contributed by atoms with Crippen molar-refractivity contribution in [3.8, 4) is 16.9 Å². The smallest absolute Gasteiger partial charge is 0.406 e. The quantitative estimate of drug-likeness (QED) is 0.518. The van der Waals surface area contributed by atoms with Gasteiger partial charge < -0.3 is 9.26 Å². The molecular weight excluding hydrogens is 389 g/mol. The van der Waals surface area contributed by atoms with Gasteiger partial charge in [-0.15, -0.1) is 13.2 Å². The predicted octanol–water partition coefficient (Wildman–Crippen LogP) is 3.70. The third-order valence-electron chi connectivity index (χ3n) is 4.14. The van der Waals surface area contributed by atoms with Crippen LogP contribution in [-0.2, 0) is 6.54 Å². The monoisotopic (exact) mass is 402 g/mol. The number of ether oxygens (including phenoxy) is 1. The summed E-state index contributed by atoms with van der Waals surface area (Å²) >= 11 is 0. The fourth-order valence-electron chi connectivity index (χ4n) is 2.86. The summed E-state index contributed by atoms with van der Waals surface area (Å²) in [5.74, 6) is 0.394. The van der Waals surface area contributed by atoms with E-state index >= 15 is 0 Å². The third kappa shape index (κ3) is 4.10. The van der Waals surface area contributed by atoms with Gasteiger partial charge in [0.15, 0.2) is 5.82 Å². The highest BCUT2D eigenvalue weighted by Gasteiger charge is 2.30. The van der Waals surface area contributed by atoms with Gasteiger partial charge in [-0.3, -0.25) is 4.79 Å². The van der Waals surface area contributed by atoms with E-state index in [1.165, 1.54) is 28.9 Å². The lowest BCUT2D eigenvalue weighted by Gasteiger charge is -2.10. The Balaban J connectivity index is 1.67. The van der Waals surface area contributed by atoms with E-state index in [-0.39, 0.29) is 17.9 Å². The highest BCUT2D eigenvalue weighted by Crippen LogP contribution is 2.27. The first-order valence-electron chi connectivity index (χ1n) is 8.44. The molecule has 2 aromatic carbocycles. The maximum absolute atomic E-state index is 12.8. The Labute approximate surface area is 161 Å². The molecule has 0 amide bonds. The van der Waals surface area contributed by atoms with Crippen LogP contribution >= 0.6 is 0 Å². The summed E-state index contributed by atoms with van der Waals surface area (Å²) in [5.41, 5.74) is 0.961. The Hall–Kier alpha value is -3.69. The van der Waals surface area contributed by atoms with Crippen LogP contribution in [0.3, 0.4) is 0 Å². The number of halogens is 3. The van der Waals surface area contributed by atoms with Crippen molar-refractivity contribution in [2.75, 3.05) is 0 Å². The van der Waals surface area contributed by atoms with Crippen molar-refractivity contribution in [1.29, 1.82) is 0 Å². The van der Waals surface area contributed by atoms with Crippen molar-refractivity contribution in [1.82, 2.24) is 19.9 Å². The lowest BCUT2D eigenvalue weighted by molar-refractivity contribution is -0.274. The first-order chi connectivity index (χ1) is 13.8. The van der Waals surface area contributed by atoms with E-state index in [9.17, 15) is 18.0 Å². The number of aryl methyl sites for hydroxylation is 1. The molecule has 2 aromatic heterocycles. The van der Waals surface area contributed by atoms with Crippen molar-refractivity contribution >= 4 is 10.8 Å². The molecule has 0 radical (unpaired) electrons. The Morgan fingerprint density at radius 1 is 1.10 bits per heavy atom. The van der Waals surface area contributed by atoms with E-state index in [2.05, 4.69) is 20.0 Å². The van der Waals surface area contributed by atoms with Crippen molar-refractivity contribution in [2.45, 2.75) is 19.8 Å². The summed E-state index contributed by atoms with van der Waals surface area (Å²) in [7, 11) is 0. The molecule has 2 heterocycles. The first-order valence-corrected chi connectivity index (χ1v) is 8.44. The average molecular weight is 402 g/mol. The van der Waals surface area contributed by atoms with Crippen LogP contribution in [-0.4, -0.2) is 26.3 Å². The Morgan fingerprint density at radius 2 is 1.83 bits per heavy atom. The Bertz CT molecular complexity index is 1230. The van der Waals surface area contributed by atoms with Gasteiger partial charge in [-0.05, 0) is 29.3 Å². The van der Waals surface area contributed by atoms with E-state index < -0.39 is 6.36 Å². The zero-order chi connectivity index (χ0) is 20.6. The molecule has 4 rings (SSSR count). The zero-order valence-corrected chi connectivity index (χ0v) is 15.0. The standard InChI is InChI=1S/C19H13F3N4O3/c1-11-24-17(25-29-11)10-26-18(27)16-8-13(2-3-14(16)9-23-26)12-4-6-15(7-5-12)28-19(20,21)22/h2-9H,10H2,1H3. The highest BCUT2D eigenvalue weighted by atomic mass is 19.4. The highest BCUT2D eigenvalue weighted by molar-refractivity contribution is 5.86. The van der Waals surface area contributed by atoms with Crippen LogP contribution in [0, 0.1) is 6.92 Å². The van der Waals surface area contributed by atoms with Gasteiger partial charge in [0.2, 0.25) is 5.89 Å². The van der Waals surface area contributed by atoms with Gasteiger partial charge in [0.05, 0.1) is 11.6 Å². The first kappa shape index (κ1) is 18.7. The molecule has 0 unspecified atom stereocenters. The van der Waals surface area contributed by atoms with E-state index in [0.717, 1.165) is 0 Å². The lowest BCUT2D eigenvalue weighted by atomic mass is 10.0. The number of nitrogens with zero attached hydrogens (tertiary/aromatic N) is 4. The molecular formula is C19H13F3N4O3. The van der Waals surface area contributed by atoms with Gasteiger partial charge >= 0.3 is 6.36 Å². The molecule has 0 atom stereocenters. The zero-order valence-electron chi connectivity index (χ0n) is 15.0. The number of benzene rings is 2. The second-order valence-corrected chi connectivity index (χ2v) is 6.21. The summed E-state index contributed by atoms with van der Waals surface area (Å²) in [6.45, 7) is 1.70. The molecule has 0 saturated carbocycles. The summed E-state index contributed by atoms with van der Waals surface area (Å²) in [6, 6.07) is 10.6. The van der Waals surface area contributed by atoms with E-state index in [1.54, 1.807) is 31.3 Å². The second-order valence-electron chi connectivity index (χ2n) is 6.21. The molecule has 0 spiro atoms. The van der Waals surface area contributed by atoms with Gasteiger partial charge in [0, 0.05) is 12.3 Å². The Morgan fingerprint density at radius 3 is 2.48 bits per heavy atom. The van der Waals surface area contributed by atoms with Crippen LogP contribution in [0.4, 0.5) is 13.2 Å². The summed E-state index contributed by atoms with van der Waals surface area (Å²) in [4.78, 5) is 16.9. The fraction of sp³-hybridized carbons (Fsp3) is 0.158. The van der Waals surface area contributed by atoms with Crippen molar-refractivity contribution in [3.05, 3.63) is 70.7 Å². The predicted molar refractivity (Wildman–Crippen MR) is 96.3 cm³/mol. The van der Waals surface area contributed by atoms with Crippen LogP contribution in [0.2, 0.25) is 0 Å². The minimum atomic E-state index is -4.75. The number of alkyl halides is 3. The van der Waals surface area contributed by atoms with Crippen LogP contribution in [0.25, 0.3) is 21.9 Å². The normalized spacial score (nSPS) is 11.7. The van der Waals surface area contributed by atoms with Crippen LogP contribution in [0.15, 0.2) is 58.0 Å². The second kappa shape index (κ2) is 7.04. The summed E-state index contributed by atoms with van der Waals surface area (Å²) in [6.07, 6.45) is -3.20. The van der Waals surface area contributed by atoms with Crippen molar-refractivity contribution < 1.29 is 22.4 Å². The van der Waals surface area contributed by atoms with Crippen molar-refractivity contribution in [3.63, 3.8) is 0 Å². The number of aromatic nitrogens is 4. The molecule has 148 valence electrons. The van der Waals surface area contributed by atoms with Crippen LogP contribution in [0.1, 0.15) is 11.7 Å². The molecule has 10 heteroatoms. The number of hydrogen-bond donors (Lipinski definition) is 0. The molecule has 0 aliphatic rings. The maximum atomic E-state index is 12.8. The summed E-state index contributed by atoms with van der Waals surface area (Å²) in [5, 5.41) is 8.92. The van der Waals surface area contributed by atoms with E-state index in [0.29, 0.717) is 33.6 Å². The van der Waals surface area contributed by atoms with Gasteiger partial charge in [-0.25, -0.2) is 4.68 Å². The molecule has 29 heavy (non-hydrogen) atoms. The molecule has 0 N–H and O–H groups in total. The molecule has 0 aliphatic carbocycles. The van der Waals surface area contributed by atoms with E-state index in [1.807, 2.05) is 0 Å². The Kier molecular flexibility index (Phi) is 4.53. The molecule has 4 aromatic rings. The molecule has 0 fully saturated rings. The summed E-state index contributed by atoms with van der Waals surface area (Å²) < 4.78 is 46.9. The van der Waals surface area contributed by atoms with Gasteiger partial charge in [0.25, 0.3) is 5.56 Å². The number of rotatable bonds is 4. The maximum Gasteiger partial charge on any atom is 0.573 e. The topological polar surface area (TPSA) is 83.0 Å². The van der Waals surface area contributed by atoms with E-state index in [4.69, 9.17) is 4.52 Å². The van der Waals surface area contributed by atoms with Crippen LogP contribution < -0.4 is 10.3 Å². The average Bonchev–Trinajstić information content (AvgIpc) is 3.08. The molecule has 0 saturated heterocycles. The van der Waals surface area contributed by atoms with Gasteiger partial charge in [0.1, 0.15) is 12.3 Å². The fourth-order valence-corrected chi connectivity index (χ4v) is 2.86. The molecule has 0 aliphatic heterocycles. The number of hydrogen-bond acceptors (Lipinski definition) is 6. The van der Waals surface area contributed by atoms with Gasteiger partial charge in [-0.1, -0.05) is 29.4 Å². The van der Waals surface area contributed by atoms with Crippen molar-refractivity contribution in [2.24, 2.45) is 0 Å². The number of fused-ring (bicyclic) bond motifs is 1. The molecule has 0 bridgehead atoms. The molecule has 7 nitrogen and oxygen atoms in total. The third-order valence-corrected chi connectivity index (χ3v) is 4.14. The minimum absolute atomic E-state index is 0.0554.